The summed E-state index contributed by atoms with van der Waals surface area (Å²) in [5, 5.41) is 2.87. The Kier molecular flexibility index (Phi) is 8.30. The molecular weight excluding hydrogens is 174 g/mol. The lowest BCUT2D eigenvalue weighted by atomic mass is 10.1. The number of hydrogen-bond donors (Lipinski definition) is 1. The molecule has 0 bridgehead atoms. The van der Waals surface area contributed by atoms with Crippen LogP contribution in [0.4, 0.5) is 0 Å². The number of nitrogens with one attached hydrogen (secondary N) is 1. The quantitative estimate of drug-likeness (QED) is 0.595. The fourth-order valence-corrected chi connectivity index (χ4v) is 1.33. The lowest BCUT2D eigenvalue weighted by Gasteiger charge is -2.04. The largest absolute Gasteiger partial charge is 0.356 e. The van der Waals surface area contributed by atoms with E-state index in [4.69, 9.17) is 0 Å². The van der Waals surface area contributed by atoms with Crippen molar-refractivity contribution in [3.05, 3.63) is 12.2 Å². The van der Waals surface area contributed by atoms with E-state index in [2.05, 4.69) is 25.7 Å². The van der Waals surface area contributed by atoms with Crippen LogP contribution in [0.3, 0.4) is 0 Å². The van der Waals surface area contributed by atoms with Gasteiger partial charge in [-0.3, -0.25) is 4.79 Å². The first-order chi connectivity index (χ1) is 6.70. The number of allylic oxidation sites excluding steroid dienone is 1. The molecule has 0 atom stereocenters. The first-order valence-electron chi connectivity index (χ1n) is 5.64. The van der Waals surface area contributed by atoms with E-state index in [0.717, 1.165) is 38.6 Å². The molecule has 14 heavy (non-hydrogen) atoms. The highest BCUT2D eigenvalue weighted by Crippen LogP contribution is 2.10. The highest BCUT2D eigenvalue weighted by Gasteiger charge is 2.00. The Balaban J connectivity index is 3.34. The second kappa shape index (κ2) is 8.79. The Labute approximate surface area is 87.8 Å². The van der Waals surface area contributed by atoms with Crippen LogP contribution in [0.2, 0.25) is 0 Å². The van der Waals surface area contributed by atoms with Crippen LogP contribution in [-0.4, -0.2) is 12.5 Å². The Morgan fingerprint density at radius 2 is 1.86 bits per heavy atom. The van der Waals surface area contributed by atoms with Gasteiger partial charge in [-0.15, -0.1) is 0 Å². The number of carbonyl (C=O) groups is 1. The summed E-state index contributed by atoms with van der Waals surface area (Å²) in [5.74, 6) is 0.177. The number of hydrogen-bond acceptors (Lipinski definition) is 1. The molecule has 0 unspecified atom stereocenters. The van der Waals surface area contributed by atoms with E-state index in [1.165, 1.54) is 5.57 Å². The minimum Gasteiger partial charge on any atom is -0.356 e. The third-order valence-corrected chi connectivity index (χ3v) is 2.11. The van der Waals surface area contributed by atoms with Gasteiger partial charge in [0, 0.05) is 13.0 Å². The second-order valence-corrected chi connectivity index (χ2v) is 3.70. The molecule has 0 radical (unpaired) electrons. The standard InChI is InChI=1S/C12H23NO/c1-4-7-11(3)8-6-9-12(14)13-10-5-2/h3-10H2,1-2H3,(H,13,14). The van der Waals surface area contributed by atoms with Crippen molar-refractivity contribution in [2.24, 2.45) is 0 Å². The summed E-state index contributed by atoms with van der Waals surface area (Å²) in [4.78, 5) is 11.2. The minimum atomic E-state index is 0.177. The van der Waals surface area contributed by atoms with Crippen LogP contribution in [-0.2, 0) is 4.79 Å². The molecule has 0 aromatic heterocycles. The highest BCUT2D eigenvalue weighted by molar-refractivity contribution is 5.75. The average molecular weight is 197 g/mol. The van der Waals surface area contributed by atoms with Gasteiger partial charge in [0.2, 0.25) is 5.91 Å². The molecule has 0 heterocycles. The normalized spacial score (nSPS) is 9.86. The van der Waals surface area contributed by atoms with Crippen LogP contribution >= 0.6 is 0 Å². The molecule has 0 saturated heterocycles. The van der Waals surface area contributed by atoms with Crippen molar-refractivity contribution in [2.45, 2.75) is 52.4 Å². The predicted octanol–water partition coefficient (Wildman–Crippen LogP) is 3.04. The van der Waals surface area contributed by atoms with E-state index >= 15 is 0 Å². The molecule has 0 rings (SSSR count). The summed E-state index contributed by atoms with van der Waals surface area (Å²) < 4.78 is 0. The Hall–Kier alpha value is -0.790. The summed E-state index contributed by atoms with van der Waals surface area (Å²) >= 11 is 0. The smallest absolute Gasteiger partial charge is 0.220 e. The lowest BCUT2D eigenvalue weighted by molar-refractivity contribution is -0.121. The first-order valence-corrected chi connectivity index (χ1v) is 5.64. The van der Waals surface area contributed by atoms with Crippen molar-refractivity contribution in [1.82, 2.24) is 5.32 Å². The molecule has 0 spiro atoms. The van der Waals surface area contributed by atoms with Crippen LogP contribution < -0.4 is 5.32 Å². The van der Waals surface area contributed by atoms with E-state index in [9.17, 15) is 4.79 Å². The van der Waals surface area contributed by atoms with Crippen LogP contribution in [0.5, 0.6) is 0 Å². The fraction of sp³-hybridized carbons (Fsp3) is 0.750. The molecule has 1 amide bonds. The summed E-state index contributed by atoms with van der Waals surface area (Å²) in [7, 11) is 0. The van der Waals surface area contributed by atoms with Crippen molar-refractivity contribution in [2.75, 3.05) is 6.54 Å². The van der Waals surface area contributed by atoms with Crippen molar-refractivity contribution in [3.63, 3.8) is 0 Å². The third-order valence-electron chi connectivity index (χ3n) is 2.11. The number of rotatable bonds is 8. The molecule has 0 saturated carbocycles. The molecular formula is C12H23NO. The van der Waals surface area contributed by atoms with Gasteiger partial charge in [-0.25, -0.2) is 0 Å². The average Bonchev–Trinajstić information content (AvgIpc) is 2.15. The molecule has 2 nitrogen and oxygen atoms in total. The van der Waals surface area contributed by atoms with Gasteiger partial charge in [-0.1, -0.05) is 32.4 Å². The number of carbonyl (C=O) groups excluding carboxylic acids is 1. The molecule has 0 aliphatic rings. The van der Waals surface area contributed by atoms with Crippen molar-refractivity contribution >= 4 is 5.91 Å². The molecule has 0 aliphatic heterocycles. The molecule has 0 fully saturated rings. The topological polar surface area (TPSA) is 29.1 Å². The van der Waals surface area contributed by atoms with Crippen LogP contribution in [0.15, 0.2) is 12.2 Å². The zero-order valence-corrected chi connectivity index (χ0v) is 9.57. The monoisotopic (exact) mass is 197 g/mol. The first kappa shape index (κ1) is 13.2. The van der Waals surface area contributed by atoms with Gasteiger partial charge in [-0.05, 0) is 25.7 Å². The molecule has 0 aromatic rings. The lowest BCUT2D eigenvalue weighted by Crippen LogP contribution is -2.23. The van der Waals surface area contributed by atoms with E-state index in [0.29, 0.717) is 6.42 Å². The van der Waals surface area contributed by atoms with Gasteiger partial charge in [0.05, 0.1) is 0 Å². The van der Waals surface area contributed by atoms with E-state index in [1.54, 1.807) is 0 Å². The molecule has 0 aliphatic carbocycles. The van der Waals surface area contributed by atoms with Crippen LogP contribution in [0, 0.1) is 0 Å². The zero-order chi connectivity index (χ0) is 10.8. The van der Waals surface area contributed by atoms with Crippen molar-refractivity contribution < 1.29 is 4.79 Å². The summed E-state index contributed by atoms with van der Waals surface area (Å²) in [6.45, 7) is 8.98. The Bertz CT molecular complexity index is 175. The Morgan fingerprint density at radius 1 is 1.14 bits per heavy atom. The summed E-state index contributed by atoms with van der Waals surface area (Å²) in [5.41, 5.74) is 1.27. The maximum Gasteiger partial charge on any atom is 0.220 e. The maximum atomic E-state index is 11.2. The second-order valence-electron chi connectivity index (χ2n) is 3.70. The molecule has 0 aromatic carbocycles. The molecule has 2 heteroatoms. The van der Waals surface area contributed by atoms with Gasteiger partial charge in [0.15, 0.2) is 0 Å². The van der Waals surface area contributed by atoms with Crippen molar-refractivity contribution in [1.29, 1.82) is 0 Å². The Morgan fingerprint density at radius 3 is 2.43 bits per heavy atom. The van der Waals surface area contributed by atoms with Gasteiger partial charge in [0.25, 0.3) is 0 Å². The van der Waals surface area contributed by atoms with Crippen molar-refractivity contribution in [3.8, 4) is 0 Å². The van der Waals surface area contributed by atoms with Gasteiger partial charge in [-0.2, -0.15) is 0 Å². The number of amides is 1. The fourth-order valence-electron chi connectivity index (χ4n) is 1.33. The summed E-state index contributed by atoms with van der Waals surface area (Å²) in [6, 6.07) is 0. The van der Waals surface area contributed by atoms with Crippen LogP contribution in [0.1, 0.15) is 52.4 Å². The van der Waals surface area contributed by atoms with Gasteiger partial charge < -0.3 is 5.32 Å². The molecule has 82 valence electrons. The van der Waals surface area contributed by atoms with E-state index in [1.807, 2.05) is 0 Å². The van der Waals surface area contributed by atoms with Gasteiger partial charge in [0.1, 0.15) is 0 Å². The minimum absolute atomic E-state index is 0.177. The van der Waals surface area contributed by atoms with E-state index < -0.39 is 0 Å². The van der Waals surface area contributed by atoms with Crippen LogP contribution in [0.25, 0.3) is 0 Å². The highest BCUT2D eigenvalue weighted by atomic mass is 16.1. The maximum absolute atomic E-state index is 11.2. The van der Waals surface area contributed by atoms with Gasteiger partial charge >= 0.3 is 0 Å². The molecule has 1 N–H and O–H groups in total. The van der Waals surface area contributed by atoms with E-state index in [-0.39, 0.29) is 5.91 Å². The SMILES string of the molecule is C=C(CCC)CCCC(=O)NCCC. The predicted molar refractivity (Wildman–Crippen MR) is 61.2 cm³/mol. The third kappa shape index (κ3) is 7.84. The summed E-state index contributed by atoms with van der Waals surface area (Å²) in [6.07, 6.45) is 5.83. The zero-order valence-electron chi connectivity index (χ0n) is 9.57.